The van der Waals surface area contributed by atoms with Gasteiger partial charge in [0.2, 0.25) is 22.1 Å². The lowest BCUT2D eigenvalue weighted by Crippen LogP contribution is -2.42. The smallest absolute Gasteiger partial charge is 0.230 e. The van der Waals surface area contributed by atoms with E-state index in [1.807, 2.05) is 60.7 Å². The number of thiocarbonyl (C=S) groups is 1. The maximum atomic E-state index is 12.1. The van der Waals surface area contributed by atoms with Crippen molar-refractivity contribution in [2.45, 2.75) is 12.8 Å². The monoisotopic (exact) mass is 426 g/mol. The molecule has 0 saturated heterocycles. The maximum Gasteiger partial charge on any atom is 0.230 e. The number of hydrogen-bond acceptors (Lipinski definition) is 7. The van der Waals surface area contributed by atoms with Gasteiger partial charge in [0.15, 0.2) is 5.11 Å². The molecular weight excluding hydrogens is 408 g/mol. The van der Waals surface area contributed by atoms with E-state index in [1.54, 1.807) is 0 Å². The van der Waals surface area contributed by atoms with Gasteiger partial charge in [-0.1, -0.05) is 72.0 Å². The van der Waals surface area contributed by atoms with Crippen LogP contribution in [0.4, 0.5) is 10.3 Å². The average molecular weight is 427 g/mol. The summed E-state index contributed by atoms with van der Waals surface area (Å²) < 4.78 is 0. The molecule has 3 aromatic rings. The Bertz CT molecular complexity index is 979. The molecule has 0 aliphatic heterocycles. The fraction of sp³-hybridized carbons (Fsp3) is 0.105. The highest BCUT2D eigenvalue weighted by Gasteiger charge is 2.10. The van der Waals surface area contributed by atoms with Crippen molar-refractivity contribution in [2.75, 3.05) is 10.7 Å². The van der Waals surface area contributed by atoms with Crippen LogP contribution in [-0.2, 0) is 22.4 Å². The van der Waals surface area contributed by atoms with Crippen LogP contribution in [0.2, 0.25) is 0 Å². The summed E-state index contributed by atoms with van der Waals surface area (Å²) >= 11 is 6.21. The molecule has 148 valence electrons. The predicted octanol–water partition coefficient (Wildman–Crippen LogP) is 2.28. The molecule has 0 fully saturated rings. The third-order valence-corrected chi connectivity index (χ3v) is 4.58. The Hall–Kier alpha value is -3.37. The number of benzene rings is 2. The summed E-state index contributed by atoms with van der Waals surface area (Å²) in [5.74, 6) is -0.419. The molecule has 0 saturated carbocycles. The van der Waals surface area contributed by atoms with E-state index in [0.717, 1.165) is 22.5 Å². The fourth-order valence-electron chi connectivity index (χ4n) is 2.36. The lowest BCUT2D eigenvalue weighted by molar-refractivity contribution is -0.119. The third-order valence-electron chi connectivity index (χ3n) is 3.62. The first kappa shape index (κ1) is 20.4. The Morgan fingerprint density at radius 3 is 2.00 bits per heavy atom. The summed E-state index contributed by atoms with van der Waals surface area (Å²) in [6.45, 7) is 0. The van der Waals surface area contributed by atoms with Crippen LogP contribution in [0.1, 0.15) is 11.1 Å². The molecule has 0 aliphatic rings. The molecule has 0 bridgehead atoms. The van der Waals surface area contributed by atoms with E-state index in [4.69, 9.17) is 12.2 Å². The number of amides is 2. The van der Waals surface area contributed by atoms with E-state index in [9.17, 15) is 9.59 Å². The Labute approximate surface area is 176 Å². The average Bonchev–Trinajstić information content (AvgIpc) is 3.15. The molecule has 0 aliphatic carbocycles. The Morgan fingerprint density at radius 1 is 0.828 bits per heavy atom. The number of hydrazine groups is 1. The zero-order valence-corrected chi connectivity index (χ0v) is 16.8. The minimum Gasteiger partial charge on any atom is -0.302 e. The molecule has 0 atom stereocenters. The van der Waals surface area contributed by atoms with Gasteiger partial charge in [-0.05, 0) is 23.3 Å². The molecule has 0 radical (unpaired) electrons. The lowest BCUT2D eigenvalue weighted by Gasteiger charge is -2.09. The number of carbonyl (C=O) groups is 2. The summed E-state index contributed by atoms with van der Waals surface area (Å²) in [7, 11) is 0. The van der Waals surface area contributed by atoms with E-state index < -0.39 is 0 Å². The summed E-state index contributed by atoms with van der Waals surface area (Å²) in [6.07, 6.45) is 0.470. The highest BCUT2D eigenvalue weighted by atomic mass is 32.1. The normalized spacial score (nSPS) is 10.1. The van der Waals surface area contributed by atoms with Crippen molar-refractivity contribution >= 4 is 50.7 Å². The molecule has 8 nitrogen and oxygen atoms in total. The molecule has 1 heterocycles. The molecule has 4 N–H and O–H groups in total. The van der Waals surface area contributed by atoms with E-state index in [0.29, 0.717) is 10.3 Å². The summed E-state index contributed by atoms with van der Waals surface area (Å²) in [5.41, 5.74) is 7.21. The highest BCUT2D eigenvalue weighted by Crippen LogP contribution is 2.19. The first-order valence-electron chi connectivity index (χ1n) is 8.65. The van der Waals surface area contributed by atoms with Crippen molar-refractivity contribution in [3.8, 4) is 0 Å². The number of aromatic nitrogens is 2. The van der Waals surface area contributed by atoms with Crippen LogP contribution in [-0.4, -0.2) is 27.1 Å². The topological polar surface area (TPSA) is 108 Å². The number of rotatable bonds is 7. The van der Waals surface area contributed by atoms with Gasteiger partial charge in [0.1, 0.15) is 0 Å². The Morgan fingerprint density at radius 2 is 1.38 bits per heavy atom. The molecular formula is C19H18N6O2S2. The van der Waals surface area contributed by atoms with Crippen molar-refractivity contribution in [3.05, 3.63) is 71.8 Å². The molecule has 0 spiro atoms. The number of hydrogen-bond donors (Lipinski definition) is 4. The van der Waals surface area contributed by atoms with Gasteiger partial charge < -0.3 is 10.6 Å². The molecule has 2 amide bonds. The summed E-state index contributed by atoms with van der Waals surface area (Å²) in [4.78, 5) is 24.0. The van der Waals surface area contributed by atoms with E-state index >= 15 is 0 Å². The standard InChI is InChI=1S/C19H18N6O2S2/c26-15(11-13-7-3-1-4-8-13)20-17(28)22-24-19-25-23-18(29-19)21-16(27)12-14-9-5-2-6-10-14/h1-10H,11-12H2,(H,24,25)(H,21,23,27)(H2,20,22,26,28). The molecule has 29 heavy (non-hydrogen) atoms. The molecule has 0 unspecified atom stereocenters. The van der Waals surface area contributed by atoms with Gasteiger partial charge in [-0.15, -0.1) is 10.2 Å². The second-order valence-electron chi connectivity index (χ2n) is 5.91. The van der Waals surface area contributed by atoms with E-state index in [2.05, 4.69) is 31.7 Å². The SMILES string of the molecule is O=C(Cc1ccccc1)NC(=S)NNc1nnc(NC(=O)Cc2ccccc2)s1. The molecule has 3 rings (SSSR count). The Balaban J connectivity index is 1.41. The Kier molecular flexibility index (Phi) is 7.20. The summed E-state index contributed by atoms with van der Waals surface area (Å²) in [5, 5.41) is 13.9. The van der Waals surface area contributed by atoms with Crippen LogP contribution in [0.3, 0.4) is 0 Å². The van der Waals surface area contributed by atoms with E-state index in [-0.39, 0.29) is 29.8 Å². The fourth-order valence-corrected chi connectivity index (χ4v) is 3.14. The number of nitrogens with zero attached hydrogens (tertiary/aromatic N) is 2. The van der Waals surface area contributed by atoms with Crippen LogP contribution < -0.4 is 21.5 Å². The number of nitrogens with one attached hydrogen (secondary N) is 4. The van der Waals surface area contributed by atoms with Gasteiger partial charge >= 0.3 is 0 Å². The zero-order chi connectivity index (χ0) is 20.5. The van der Waals surface area contributed by atoms with Gasteiger partial charge in [0, 0.05) is 0 Å². The minimum atomic E-state index is -0.235. The second kappa shape index (κ2) is 10.2. The van der Waals surface area contributed by atoms with Gasteiger partial charge in [-0.3, -0.25) is 20.4 Å². The van der Waals surface area contributed by atoms with Crippen molar-refractivity contribution in [1.82, 2.24) is 20.9 Å². The quantitative estimate of drug-likeness (QED) is 0.339. The summed E-state index contributed by atoms with van der Waals surface area (Å²) in [6, 6.07) is 18.8. The van der Waals surface area contributed by atoms with Gasteiger partial charge in [0.05, 0.1) is 12.8 Å². The van der Waals surface area contributed by atoms with Gasteiger partial charge in [-0.25, -0.2) is 0 Å². The first-order chi connectivity index (χ1) is 14.1. The minimum absolute atomic E-state index is 0.107. The number of anilines is 2. The largest absolute Gasteiger partial charge is 0.302 e. The predicted molar refractivity (Wildman–Crippen MR) is 116 cm³/mol. The first-order valence-corrected chi connectivity index (χ1v) is 9.88. The highest BCUT2D eigenvalue weighted by molar-refractivity contribution is 7.80. The maximum absolute atomic E-state index is 12.1. The lowest BCUT2D eigenvalue weighted by atomic mass is 10.1. The van der Waals surface area contributed by atoms with Crippen molar-refractivity contribution in [2.24, 2.45) is 0 Å². The van der Waals surface area contributed by atoms with Gasteiger partial charge in [-0.2, -0.15) is 0 Å². The molecule has 2 aromatic carbocycles. The zero-order valence-electron chi connectivity index (χ0n) is 15.2. The van der Waals surface area contributed by atoms with Crippen LogP contribution in [0.5, 0.6) is 0 Å². The van der Waals surface area contributed by atoms with Crippen molar-refractivity contribution in [1.29, 1.82) is 0 Å². The van der Waals surface area contributed by atoms with E-state index in [1.165, 1.54) is 0 Å². The van der Waals surface area contributed by atoms with Crippen LogP contribution in [0, 0.1) is 0 Å². The van der Waals surface area contributed by atoms with Crippen LogP contribution in [0.15, 0.2) is 60.7 Å². The molecule has 1 aromatic heterocycles. The third kappa shape index (κ3) is 6.94. The van der Waals surface area contributed by atoms with Crippen LogP contribution in [0.25, 0.3) is 0 Å². The second-order valence-corrected chi connectivity index (χ2v) is 7.30. The van der Waals surface area contributed by atoms with Crippen molar-refractivity contribution < 1.29 is 9.59 Å². The molecule has 10 heteroatoms. The van der Waals surface area contributed by atoms with Crippen molar-refractivity contribution in [3.63, 3.8) is 0 Å². The van der Waals surface area contributed by atoms with Crippen LogP contribution >= 0.6 is 23.6 Å². The number of carbonyl (C=O) groups excluding carboxylic acids is 2. The van der Waals surface area contributed by atoms with Gasteiger partial charge in [0.25, 0.3) is 0 Å².